The number of amides is 1. The Balaban J connectivity index is 1.92. The first-order valence-corrected chi connectivity index (χ1v) is 9.50. The highest BCUT2D eigenvalue weighted by molar-refractivity contribution is 6.51. The molecule has 1 atom stereocenters. The van der Waals surface area contributed by atoms with Crippen molar-refractivity contribution in [1.29, 1.82) is 0 Å². The predicted octanol–water partition coefficient (Wildman–Crippen LogP) is 5.52. The molecule has 1 N–H and O–H groups in total. The zero-order valence-corrected chi connectivity index (χ0v) is 16.7. The Labute approximate surface area is 176 Å². The van der Waals surface area contributed by atoms with E-state index in [1.807, 2.05) is 19.1 Å². The second-order valence-electron chi connectivity index (χ2n) is 6.65. The van der Waals surface area contributed by atoms with Crippen molar-refractivity contribution in [2.45, 2.75) is 13.0 Å². The number of benzene rings is 2. The van der Waals surface area contributed by atoms with Gasteiger partial charge in [0.05, 0.1) is 21.9 Å². The SMILES string of the molecule is Cc1ccc(N2C(=O)C(=O)/C(=C(\O)c3ccc(Cl)c(Cl)c3)C2c2ccco2)cc1. The molecule has 3 aromatic rings. The zero-order chi connectivity index (χ0) is 20.7. The molecule has 1 saturated heterocycles. The Hall–Kier alpha value is -3.02. The topological polar surface area (TPSA) is 70.8 Å². The monoisotopic (exact) mass is 427 g/mol. The van der Waals surface area contributed by atoms with E-state index in [9.17, 15) is 14.7 Å². The summed E-state index contributed by atoms with van der Waals surface area (Å²) in [4.78, 5) is 27.1. The van der Waals surface area contributed by atoms with Crippen LogP contribution in [-0.4, -0.2) is 16.8 Å². The van der Waals surface area contributed by atoms with E-state index in [0.717, 1.165) is 5.56 Å². The van der Waals surface area contributed by atoms with E-state index in [1.165, 1.54) is 29.4 Å². The van der Waals surface area contributed by atoms with Crippen LogP contribution in [0.15, 0.2) is 70.9 Å². The minimum atomic E-state index is -0.915. The number of carbonyl (C=O) groups excluding carboxylic acids is 2. The predicted molar refractivity (Wildman–Crippen MR) is 111 cm³/mol. The van der Waals surface area contributed by atoms with Crippen molar-refractivity contribution in [2.24, 2.45) is 0 Å². The number of carbonyl (C=O) groups is 2. The second kappa shape index (κ2) is 7.43. The minimum absolute atomic E-state index is 0.0797. The van der Waals surface area contributed by atoms with Gasteiger partial charge in [-0.2, -0.15) is 0 Å². The van der Waals surface area contributed by atoms with Crippen molar-refractivity contribution in [3.05, 3.63) is 93.4 Å². The number of furan rings is 1. The summed E-state index contributed by atoms with van der Waals surface area (Å²) in [6, 6.07) is 14.0. The van der Waals surface area contributed by atoms with Gasteiger partial charge in [0.15, 0.2) is 0 Å². The molecule has 2 heterocycles. The normalized spacial score (nSPS) is 18.4. The van der Waals surface area contributed by atoms with E-state index in [2.05, 4.69) is 0 Å². The second-order valence-corrected chi connectivity index (χ2v) is 7.46. The molecule has 0 spiro atoms. The molecule has 1 aliphatic rings. The lowest BCUT2D eigenvalue weighted by Crippen LogP contribution is -2.29. The molecule has 146 valence electrons. The Kier molecular flexibility index (Phi) is 4.94. The molecule has 2 aromatic carbocycles. The molecule has 0 radical (unpaired) electrons. The summed E-state index contributed by atoms with van der Waals surface area (Å²) >= 11 is 12.0. The van der Waals surface area contributed by atoms with Crippen LogP contribution in [-0.2, 0) is 9.59 Å². The van der Waals surface area contributed by atoms with Crippen LogP contribution in [0, 0.1) is 6.92 Å². The summed E-state index contributed by atoms with van der Waals surface area (Å²) in [5.74, 6) is -1.56. The maximum Gasteiger partial charge on any atom is 0.300 e. The van der Waals surface area contributed by atoms with Gasteiger partial charge in [0, 0.05) is 11.3 Å². The van der Waals surface area contributed by atoms with Crippen LogP contribution in [0.3, 0.4) is 0 Å². The van der Waals surface area contributed by atoms with E-state index < -0.39 is 17.7 Å². The summed E-state index contributed by atoms with van der Waals surface area (Å²) in [5, 5.41) is 11.5. The number of aryl methyl sites for hydroxylation is 1. The first kappa shape index (κ1) is 19.3. The third-order valence-corrected chi connectivity index (χ3v) is 5.50. The molecule has 0 aliphatic carbocycles. The Morgan fingerprint density at radius 3 is 2.38 bits per heavy atom. The van der Waals surface area contributed by atoms with Crippen LogP contribution in [0.4, 0.5) is 5.69 Å². The molecule has 1 unspecified atom stereocenters. The summed E-state index contributed by atoms with van der Waals surface area (Å²) < 4.78 is 5.51. The zero-order valence-electron chi connectivity index (χ0n) is 15.2. The summed E-state index contributed by atoms with van der Waals surface area (Å²) in [6.07, 6.45) is 1.45. The fourth-order valence-corrected chi connectivity index (χ4v) is 3.62. The Morgan fingerprint density at radius 2 is 1.76 bits per heavy atom. The molecule has 0 saturated carbocycles. The van der Waals surface area contributed by atoms with Gasteiger partial charge in [0.25, 0.3) is 11.7 Å². The van der Waals surface area contributed by atoms with Crippen LogP contribution in [0.2, 0.25) is 10.0 Å². The molecular formula is C22H15Cl2NO4. The highest BCUT2D eigenvalue weighted by Crippen LogP contribution is 2.42. The van der Waals surface area contributed by atoms with Gasteiger partial charge in [0.1, 0.15) is 17.6 Å². The summed E-state index contributed by atoms with van der Waals surface area (Å²) in [5.41, 5.74) is 1.73. The third kappa shape index (κ3) is 3.33. The lowest BCUT2D eigenvalue weighted by molar-refractivity contribution is -0.132. The van der Waals surface area contributed by atoms with Gasteiger partial charge >= 0.3 is 0 Å². The third-order valence-electron chi connectivity index (χ3n) is 4.76. The lowest BCUT2D eigenvalue weighted by Gasteiger charge is -2.23. The quantitative estimate of drug-likeness (QED) is 0.339. The molecule has 0 bridgehead atoms. The minimum Gasteiger partial charge on any atom is -0.507 e. The number of rotatable bonds is 3. The first-order valence-electron chi connectivity index (χ1n) is 8.75. The van der Waals surface area contributed by atoms with E-state index in [-0.39, 0.29) is 21.9 Å². The number of anilines is 1. The fraction of sp³-hybridized carbons (Fsp3) is 0.0909. The standard InChI is InChI=1S/C22H15Cl2NO4/c1-12-4-7-14(8-5-12)25-19(17-3-2-10-29-17)18(21(27)22(25)28)20(26)13-6-9-15(23)16(24)11-13/h2-11,19,26H,1H3/b20-18-. The number of aliphatic hydroxyl groups excluding tert-OH is 1. The van der Waals surface area contributed by atoms with Crippen LogP contribution in [0.1, 0.15) is 22.9 Å². The number of aliphatic hydroxyl groups is 1. The molecule has 4 rings (SSSR count). The lowest BCUT2D eigenvalue weighted by atomic mass is 9.99. The highest BCUT2D eigenvalue weighted by atomic mass is 35.5. The van der Waals surface area contributed by atoms with Crippen molar-refractivity contribution < 1.29 is 19.1 Å². The molecule has 29 heavy (non-hydrogen) atoms. The van der Waals surface area contributed by atoms with Crippen LogP contribution >= 0.6 is 23.2 Å². The fourth-order valence-electron chi connectivity index (χ4n) is 3.32. The average molecular weight is 428 g/mol. The number of hydrogen-bond donors (Lipinski definition) is 1. The van der Waals surface area contributed by atoms with Gasteiger partial charge in [-0.25, -0.2) is 0 Å². The molecule has 1 fully saturated rings. The molecule has 1 aromatic heterocycles. The smallest absolute Gasteiger partial charge is 0.300 e. The maximum absolute atomic E-state index is 12.9. The van der Waals surface area contributed by atoms with Crippen molar-refractivity contribution in [2.75, 3.05) is 4.90 Å². The van der Waals surface area contributed by atoms with Gasteiger partial charge in [0.2, 0.25) is 0 Å². The van der Waals surface area contributed by atoms with Crippen LogP contribution < -0.4 is 4.90 Å². The van der Waals surface area contributed by atoms with Crippen molar-refractivity contribution in [3.8, 4) is 0 Å². The average Bonchev–Trinajstić information content (AvgIpc) is 3.32. The largest absolute Gasteiger partial charge is 0.507 e. The Bertz CT molecular complexity index is 1130. The van der Waals surface area contributed by atoms with Gasteiger partial charge in [-0.1, -0.05) is 40.9 Å². The van der Waals surface area contributed by atoms with E-state index in [4.69, 9.17) is 27.6 Å². The van der Waals surface area contributed by atoms with Crippen molar-refractivity contribution >= 4 is 46.3 Å². The number of Topliss-reactive ketones (excluding diaryl/α,β-unsaturated/α-hetero) is 1. The molecule has 7 heteroatoms. The van der Waals surface area contributed by atoms with Gasteiger partial charge in [-0.3, -0.25) is 14.5 Å². The number of hydrogen-bond acceptors (Lipinski definition) is 4. The first-order chi connectivity index (χ1) is 13.9. The molecule has 1 amide bonds. The number of ketones is 1. The Morgan fingerprint density at radius 1 is 1.03 bits per heavy atom. The summed E-state index contributed by atoms with van der Waals surface area (Å²) in [7, 11) is 0. The molecule has 1 aliphatic heterocycles. The van der Waals surface area contributed by atoms with Crippen LogP contribution in [0.25, 0.3) is 5.76 Å². The van der Waals surface area contributed by atoms with E-state index in [0.29, 0.717) is 16.5 Å². The van der Waals surface area contributed by atoms with E-state index in [1.54, 1.807) is 24.3 Å². The van der Waals surface area contributed by atoms with Gasteiger partial charge < -0.3 is 9.52 Å². The number of nitrogens with zero attached hydrogens (tertiary/aromatic N) is 1. The number of halogens is 2. The van der Waals surface area contributed by atoms with Crippen molar-refractivity contribution in [1.82, 2.24) is 0 Å². The summed E-state index contributed by atoms with van der Waals surface area (Å²) in [6.45, 7) is 1.92. The van der Waals surface area contributed by atoms with Gasteiger partial charge in [-0.05, 0) is 49.4 Å². The van der Waals surface area contributed by atoms with E-state index >= 15 is 0 Å². The maximum atomic E-state index is 12.9. The van der Waals surface area contributed by atoms with Crippen molar-refractivity contribution in [3.63, 3.8) is 0 Å². The highest BCUT2D eigenvalue weighted by Gasteiger charge is 2.48. The van der Waals surface area contributed by atoms with Gasteiger partial charge in [-0.15, -0.1) is 0 Å². The molecule has 5 nitrogen and oxygen atoms in total. The molecular weight excluding hydrogens is 413 g/mol. The van der Waals surface area contributed by atoms with Crippen LogP contribution in [0.5, 0.6) is 0 Å².